The summed E-state index contributed by atoms with van der Waals surface area (Å²) < 4.78 is 13.7. The maximum atomic E-state index is 13.3. The van der Waals surface area contributed by atoms with E-state index < -0.39 is 6.04 Å². The van der Waals surface area contributed by atoms with Gasteiger partial charge in [-0.05, 0) is 50.6 Å². The number of nitrogens with one attached hydrogen (secondary N) is 1. The van der Waals surface area contributed by atoms with Crippen molar-refractivity contribution in [2.75, 3.05) is 6.79 Å². The number of benzene rings is 2. The molecule has 9 heteroatoms. The molecule has 1 aliphatic rings. The molecule has 1 atom stereocenters. The quantitative estimate of drug-likeness (QED) is 0.507. The lowest BCUT2D eigenvalue weighted by Crippen LogP contribution is -2.37. The Kier molecular flexibility index (Phi) is 5.08. The highest BCUT2D eigenvalue weighted by Crippen LogP contribution is 2.32. The normalized spacial score (nSPS) is 13.3. The van der Waals surface area contributed by atoms with E-state index in [9.17, 15) is 9.59 Å². The molecule has 2 aromatic carbocycles. The Labute approximate surface area is 189 Å². The summed E-state index contributed by atoms with van der Waals surface area (Å²) in [4.78, 5) is 26.2. The summed E-state index contributed by atoms with van der Waals surface area (Å²) in [6.07, 6.45) is 0. The Bertz CT molecular complexity index is 1420. The first-order valence-electron chi connectivity index (χ1n) is 10.6. The number of carbonyl (C=O) groups is 1. The average molecular weight is 445 g/mol. The van der Waals surface area contributed by atoms with Gasteiger partial charge in [-0.25, -0.2) is 9.36 Å². The largest absolute Gasteiger partial charge is 0.454 e. The van der Waals surface area contributed by atoms with E-state index in [0.29, 0.717) is 40.3 Å². The van der Waals surface area contributed by atoms with Crippen molar-refractivity contribution in [1.29, 1.82) is 0 Å². The molecule has 168 valence electrons. The van der Waals surface area contributed by atoms with Crippen LogP contribution in [-0.4, -0.2) is 32.3 Å². The van der Waals surface area contributed by atoms with Crippen molar-refractivity contribution >= 4 is 16.8 Å². The van der Waals surface area contributed by atoms with Gasteiger partial charge in [0.1, 0.15) is 11.6 Å². The Hall–Kier alpha value is -4.14. The summed E-state index contributed by atoms with van der Waals surface area (Å²) in [7, 11) is 0. The van der Waals surface area contributed by atoms with Crippen molar-refractivity contribution < 1.29 is 14.3 Å². The lowest BCUT2D eigenvalue weighted by atomic mass is 10.2. The highest BCUT2D eigenvalue weighted by atomic mass is 16.7. The minimum Gasteiger partial charge on any atom is -0.454 e. The number of amides is 1. The Balaban J connectivity index is 1.43. The zero-order chi connectivity index (χ0) is 23.1. The number of hydrogen-bond acceptors (Lipinski definition) is 6. The zero-order valence-corrected chi connectivity index (χ0v) is 18.5. The number of hydrogen-bond donors (Lipinski definition) is 1. The molecule has 1 aliphatic heterocycles. The van der Waals surface area contributed by atoms with Gasteiger partial charge in [0.25, 0.3) is 5.56 Å². The molecule has 0 bridgehead atoms. The highest BCUT2D eigenvalue weighted by molar-refractivity contribution is 5.84. The van der Waals surface area contributed by atoms with Gasteiger partial charge in [0.05, 0.1) is 22.5 Å². The van der Waals surface area contributed by atoms with Crippen LogP contribution in [-0.2, 0) is 11.3 Å². The van der Waals surface area contributed by atoms with Gasteiger partial charge in [-0.3, -0.25) is 9.59 Å². The van der Waals surface area contributed by atoms with Crippen LogP contribution in [0, 0.1) is 13.8 Å². The molecule has 1 N–H and O–H groups in total. The number of nitrogens with zero attached hydrogens (tertiary/aromatic N) is 4. The van der Waals surface area contributed by atoms with E-state index in [4.69, 9.17) is 9.47 Å². The molecule has 4 aromatic rings. The number of para-hydroxylation sites is 1. The standard InChI is InChI=1S/C24H23N5O4/c1-14-22-21(15(2)28(27-22)18-7-5-4-6-8-18)24(31)29(26-14)16(3)23(30)25-12-17-9-10-19-20(11-17)33-13-32-19/h4-11,16H,12-13H2,1-3H3,(H,25,30)/t16-/m1/s1. The molecule has 3 heterocycles. The maximum Gasteiger partial charge on any atom is 0.278 e. The Morgan fingerprint density at radius 3 is 2.64 bits per heavy atom. The van der Waals surface area contributed by atoms with E-state index in [1.807, 2.05) is 55.5 Å². The van der Waals surface area contributed by atoms with Crippen LogP contribution in [0.15, 0.2) is 53.3 Å². The molecule has 9 nitrogen and oxygen atoms in total. The van der Waals surface area contributed by atoms with Crippen LogP contribution in [0.1, 0.15) is 29.9 Å². The first kappa shape index (κ1) is 20.7. The van der Waals surface area contributed by atoms with Gasteiger partial charge in [0.15, 0.2) is 11.5 Å². The fourth-order valence-corrected chi connectivity index (χ4v) is 3.96. The summed E-state index contributed by atoms with van der Waals surface area (Å²) in [5.41, 5.74) is 3.19. The topological polar surface area (TPSA) is 100 Å². The maximum absolute atomic E-state index is 13.3. The lowest BCUT2D eigenvalue weighted by Gasteiger charge is -2.15. The zero-order valence-electron chi connectivity index (χ0n) is 18.5. The number of aromatic nitrogens is 4. The summed E-state index contributed by atoms with van der Waals surface area (Å²) >= 11 is 0. The van der Waals surface area contributed by atoms with Crippen molar-refractivity contribution in [1.82, 2.24) is 24.9 Å². The number of fused-ring (bicyclic) bond motifs is 2. The van der Waals surface area contributed by atoms with Crippen LogP contribution >= 0.6 is 0 Å². The molecular weight excluding hydrogens is 422 g/mol. The number of aryl methyl sites for hydroxylation is 2. The minimum atomic E-state index is -0.797. The van der Waals surface area contributed by atoms with Crippen molar-refractivity contribution in [3.8, 4) is 17.2 Å². The van der Waals surface area contributed by atoms with Gasteiger partial charge in [0, 0.05) is 6.54 Å². The van der Waals surface area contributed by atoms with E-state index in [2.05, 4.69) is 15.5 Å². The fourth-order valence-electron chi connectivity index (χ4n) is 3.96. The second kappa shape index (κ2) is 8.09. The van der Waals surface area contributed by atoms with Gasteiger partial charge < -0.3 is 14.8 Å². The summed E-state index contributed by atoms with van der Waals surface area (Å²) in [5, 5.41) is 12.3. The van der Waals surface area contributed by atoms with Crippen LogP contribution in [0.5, 0.6) is 11.5 Å². The van der Waals surface area contributed by atoms with Crippen molar-refractivity contribution in [2.45, 2.75) is 33.4 Å². The Morgan fingerprint density at radius 1 is 1.09 bits per heavy atom. The third-order valence-electron chi connectivity index (χ3n) is 5.79. The number of rotatable bonds is 5. The molecule has 33 heavy (non-hydrogen) atoms. The molecule has 0 aliphatic carbocycles. The Morgan fingerprint density at radius 2 is 1.85 bits per heavy atom. The van der Waals surface area contributed by atoms with Gasteiger partial charge in [-0.1, -0.05) is 24.3 Å². The van der Waals surface area contributed by atoms with Crippen molar-refractivity contribution in [3.63, 3.8) is 0 Å². The minimum absolute atomic E-state index is 0.193. The number of ether oxygens (including phenoxy) is 2. The first-order valence-corrected chi connectivity index (χ1v) is 10.6. The predicted octanol–water partition coefficient (Wildman–Crippen LogP) is 2.81. The van der Waals surface area contributed by atoms with Crippen molar-refractivity contribution in [3.05, 3.63) is 75.8 Å². The van der Waals surface area contributed by atoms with Crippen LogP contribution in [0.25, 0.3) is 16.6 Å². The molecule has 0 saturated heterocycles. The average Bonchev–Trinajstić information content (AvgIpc) is 3.44. The summed E-state index contributed by atoms with van der Waals surface area (Å²) in [5.74, 6) is 1.03. The van der Waals surface area contributed by atoms with Crippen LogP contribution in [0.4, 0.5) is 0 Å². The lowest BCUT2D eigenvalue weighted by molar-refractivity contribution is -0.124. The molecule has 1 amide bonds. The SMILES string of the molecule is Cc1nn([C@H](C)C(=O)NCc2ccc3c(c2)OCO3)c(=O)c2c(C)n(-c3ccccc3)nc12. The second-order valence-corrected chi connectivity index (χ2v) is 7.97. The van der Waals surface area contributed by atoms with Gasteiger partial charge >= 0.3 is 0 Å². The first-order chi connectivity index (χ1) is 15.9. The van der Waals surface area contributed by atoms with E-state index >= 15 is 0 Å². The number of carbonyl (C=O) groups excluding carboxylic acids is 1. The molecular formula is C24H23N5O4. The van der Waals surface area contributed by atoms with Crippen LogP contribution in [0.2, 0.25) is 0 Å². The fraction of sp³-hybridized carbons (Fsp3) is 0.250. The third kappa shape index (κ3) is 3.61. The predicted molar refractivity (Wildman–Crippen MR) is 122 cm³/mol. The monoisotopic (exact) mass is 445 g/mol. The van der Waals surface area contributed by atoms with Crippen LogP contribution < -0.4 is 20.3 Å². The second-order valence-electron chi connectivity index (χ2n) is 7.97. The molecule has 0 fully saturated rings. The van der Waals surface area contributed by atoms with E-state index in [1.54, 1.807) is 18.5 Å². The molecule has 5 rings (SSSR count). The van der Waals surface area contributed by atoms with Crippen molar-refractivity contribution in [2.24, 2.45) is 0 Å². The van der Waals surface area contributed by atoms with Crippen LogP contribution in [0.3, 0.4) is 0 Å². The van der Waals surface area contributed by atoms with Gasteiger partial charge in [0.2, 0.25) is 12.7 Å². The van der Waals surface area contributed by atoms with E-state index in [1.165, 1.54) is 4.68 Å². The summed E-state index contributed by atoms with van der Waals surface area (Å²) in [6.45, 7) is 5.78. The van der Waals surface area contributed by atoms with Gasteiger partial charge in [-0.15, -0.1) is 0 Å². The molecule has 0 radical (unpaired) electrons. The summed E-state index contributed by atoms with van der Waals surface area (Å²) in [6, 6.07) is 14.3. The smallest absolute Gasteiger partial charge is 0.278 e. The highest BCUT2D eigenvalue weighted by Gasteiger charge is 2.23. The third-order valence-corrected chi connectivity index (χ3v) is 5.79. The van der Waals surface area contributed by atoms with E-state index in [-0.39, 0.29) is 18.3 Å². The van der Waals surface area contributed by atoms with Gasteiger partial charge in [-0.2, -0.15) is 10.2 Å². The molecule has 0 unspecified atom stereocenters. The van der Waals surface area contributed by atoms with E-state index in [0.717, 1.165) is 11.3 Å². The molecule has 0 saturated carbocycles. The molecule has 0 spiro atoms. The molecule has 2 aromatic heterocycles.